The molecule has 1 aliphatic rings. The molecule has 0 spiro atoms. The van der Waals surface area contributed by atoms with E-state index in [4.69, 9.17) is 4.74 Å². The van der Waals surface area contributed by atoms with Gasteiger partial charge in [0.05, 0.1) is 17.6 Å². The van der Waals surface area contributed by atoms with E-state index in [0.717, 1.165) is 29.3 Å². The molecule has 1 aliphatic heterocycles. The SMILES string of the molecule is O=S(=O)(CCCc1ccccc1Br)CC1CCCO1. The fourth-order valence-electron chi connectivity index (χ4n) is 2.33. The molecule has 0 aromatic heterocycles. The lowest BCUT2D eigenvalue weighted by Crippen LogP contribution is -2.22. The molecule has 2 rings (SSSR count). The van der Waals surface area contributed by atoms with Crippen molar-refractivity contribution >= 4 is 25.8 Å². The lowest BCUT2D eigenvalue weighted by Gasteiger charge is -2.10. The Labute approximate surface area is 123 Å². The predicted octanol–water partition coefficient (Wildman–Crippen LogP) is 2.98. The van der Waals surface area contributed by atoms with Crippen molar-refractivity contribution < 1.29 is 13.2 Å². The van der Waals surface area contributed by atoms with Crippen LogP contribution in [0, 0.1) is 0 Å². The van der Waals surface area contributed by atoms with E-state index >= 15 is 0 Å². The molecule has 3 nitrogen and oxygen atoms in total. The van der Waals surface area contributed by atoms with Gasteiger partial charge in [-0.05, 0) is 37.3 Å². The second-order valence-electron chi connectivity index (χ2n) is 4.94. The lowest BCUT2D eigenvalue weighted by molar-refractivity contribution is 0.127. The third kappa shape index (κ3) is 4.89. The van der Waals surface area contributed by atoms with Crippen molar-refractivity contribution in [2.45, 2.75) is 31.8 Å². The van der Waals surface area contributed by atoms with Crippen molar-refractivity contribution in [1.82, 2.24) is 0 Å². The van der Waals surface area contributed by atoms with Crippen molar-refractivity contribution in [3.8, 4) is 0 Å². The number of hydrogen-bond donors (Lipinski definition) is 0. The Balaban J connectivity index is 1.79. The van der Waals surface area contributed by atoms with Crippen molar-refractivity contribution in [2.75, 3.05) is 18.1 Å². The zero-order chi connectivity index (χ0) is 13.7. The molecule has 19 heavy (non-hydrogen) atoms. The van der Waals surface area contributed by atoms with Crippen molar-refractivity contribution in [2.24, 2.45) is 0 Å². The van der Waals surface area contributed by atoms with Crippen LogP contribution >= 0.6 is 15.9 Å². The van der Waals surface area contributed by atoms with Gasteiger partial charge in [-0.1, -0.05) is 34.1 Å². The van der Waals surface area contributed by atoms with Gasteiger partial charge in [-0.25, -0.2) is 8.42 Å². The smallest absolute Gasteiger partial charge is 0.152 e. The molecule has 0 radical (unpaired) electrons. The first-order valence-corrected chi connectivity index (χ1v) is 9.24. The molecule has 5 heteroatoms. The van der Waals surface area contributed by atoms with Crippen LogP contribution in [0.15, 0.2) is 28.7 Å². The molecular weight excluding hydrogens is 328 g/mol. The number of rotatable bonds is 6. The molecule has 1 unspecified atom stereocenters. The summed E-state index contributed by atoms with van der Waals surface area (Å²) < 4.78 is 30.4. The Bertz CT molecular complexity index is 507. The third-order valence-electron chi connectivity index (χ3n) is 3.32. The molecule has 0 aliphatic carbocycles. The van der Waals surface area contributed by atoms with Crippen molar-refractivity contribution in [3.63, 3.8) is 0 Å². The first-order chi connectivity index (χ1) is 9.07. The monoisotopic (exact) mass is 346 g/mol. The lowest BCUT2D eigenvalue weighted by atomic mass is 10.1. The molecule has 0 amide bonds. The largest absolute Gasteiger partial charge is 0.377 e. The summed E-state index contributed by atoms with van der Waals surface area (Å²) in [6.07, 6.45) is 3.23. The minimum Gasteiger partial charge on any atom is -0.377 e. The zero-order valence-corrected chi connectivity index (χ0v) is 13.2. The van der Waals surface area contributed by atoms with Gasteiger partial charge in [0, 0.05) is 11.1 Å². The fourth-order valence-corrected chi connectivity index (χ4v) is 4.39. The maximum absolute atomic E-state index is 12.0. The molecule has 1 fully saturated rings. The highest BCUT2D eigenvalue weighted by atomic mass is 79.9. The molecule has 1 aromatic rings. The van der Waals surface area contributed by atoms with Gasteiger partial charge in [-0.3, -0.25) is 0 Å². The molecular formula is C14H19BrO3S. The van der Waals surface area contributed by atoms with Gasteiger partial charge in [0.25, 0.3) is 0 Å². The number of sulfone groups is 1. The van der Waals surface area contributed by atoms with E-state index in [-0.39, 0.29) is 17.6 Å². The van der Waals surface area contributed by atoms with E-state index in [1.54, 1.807) is 0 Å². The second-order valence-corrected chi connectivity index (χ2v) is 8.03. The van der Waals surface area contributed by atoms with Gasteiger partial charge in [0.1, 0.15) is 0 Å². The minimum absolute atomic E-state index is 0.0755. The maximum Gasteiger partial charge on any atom is 0.152 e. The van der Waals surface area contributed by atoms with E-state index in [2.05, 4.69) is 15.9 Å². The van der Waals surface area contributed by atoms with Gasteiger partial charge >= 0.3 is 0 Å². The van der Waals surface area contributed by atoms with E-state index in [0.29, 0.717) is 13.0 Å². The van der Waals surface area contributed by atoms with Crippen LogP contribution in [0.25, 0.3) is 0 Å². The number of aryl methyl sites for hydroxylation is 1. The summed E-state index contributed by atoms with van der Waals surface area (Å²) in [5.74, 6) is 0.428. The Hall–Kier alpha value is -0.390. The Kier molecular flexibility index (Phi) is 5.42. The first kappa shape index (κ1) is 15.0. The van der Waals surface area contributed by atoms with E-state index in [9.17, 15) is 8.42 Å². The van der Waals surface area contributed by atoms with Gasteiger partial charge in [-0.15, -0.1) is 0 Å². The zero-order valence-electron chi connectivity index (χ0n) is 10.8. The predicted molar refractivity (Wildman–Crippen MR) is 80.1 cm³/mol. The summed E-state index contributed by atoms with van der Waals surface area (Å²) in [4.78, 5) is 0. The summed E-state index contributed by atoms with van der Waals surface area (Å²) in [6.45, 7) is 0.706. The summed E-state index contributed by atoms with van der Waals surface area (Å²) in [6, 6.07) is 7.94. The van der Waals surface area contributed by atoms with Crippen LogP contribution in [0.3, 0.4) is 0 Å². The van der Waals surface area contributed by atoms with Crippen molar-refractivity contribution in [3.05, 3.63) is 34.3 Å². The average Bonchev–Trinajstić information content (AvgIpc) is 2.83. The number of hydrogen-bond acceptors (Lipinski definition) is 3. The third-order valence-corrected chi connectivity index (χ3v) is 5.89. The molecule has 1 saturated heterocycles. The number of halogens is 1. The van der Waals surface area contributed by atoms with E-state index in [1.165, 1.54) is 0 Å². The molecule has 106 valence electrons. The Morgan fingerprint density at radius 1 is 1.32 bits per heavy atom. The van der Waals surface area contributed by atoms with E-state index < -0.39 is 9.84 Å². The average molecular weight is 347 g/mol. The molecule has 1 aromatic carbocycles. The normalized spacial score (nSPS) is 19.7. The molecule has 0 N–H and O–H groups in total. The maximum atomic E-state index is 12.0. The standard InChI is InChI=1S/C14H19BrO3S/c15-14-8-2-1-5-12(14)6-4-10-19(16,17)11-13-7-3-9-18-13/h1-2,5,8,13H,3-4,6-7,9-11H2. The number of benzene rings is 1. The number of ether oxygens (including phenoxy) is 1. The second kappa shape index (κ2) is 6.86. The molecule has 1 atom stereocenters. The van der Waals surface area contributed by atoms with Gasteiger partial charge in [-0.2, -0.15) is 0 Å². The van der Waals surface area contributed by atoms with Crippen molar-refractivity contribution in [1.29, 1.82) is 0 Å². The molecule has 0 saturated carbocycles. The van der Waals surface area contributed by atoms with Gasteiger partial charge in [0.2, 0.25) is 0 Å². The Morgan fingerprint density at radius 2 is 2.11 bits per heavy atom. The summed E-state index contributed by atoms with van der Waals surface area (Å²) in [7, 11) is -2.99. The summed E-state index contributed by atoms with van der Waals surface area (Å²) in [5.41, 5.74) is 1.16. The topological polar surface area (TPSA) is 43.4 Å². The van der Waals surface area contributed by atoms with Crippen LogP contribution in [0.1, 0.15) is 24.8 Å². The van der Waals surface area contributed by atoms with Crippen LogP contribution < -0.4 is 0 Å². The van der Waals surface area contributed by atoms with Crippen LogP contribution in [-0.4, -0.2) is 32.6 Å². The minimum atomic E-state index is -2.99. The summed E-state index contributed by atoms with van der Waals surface area (Å²) >= 11 is 3.48. The highest BCUT2D eigenvalue weighted by molar-refractivity contribution is 9.10. The highest BCUT2D eigenvalue weighted by Gasteiger charge is 2.22. The van der Waals surface area contributed by atoms with E-state index in [1.807, 2.05) is 24.3 Å². The van der Waals surface area contributed by atoms with Crippen LogP contribution in [0.2, 0.25) is 0 Å². The fraction of sp³-hybridized carbons (Fsp3) is 0.571. The van der Waals surface area contributed by atoms with Crippen LogP contribution in [0.4, 0.5) is 0 Å². The summed E-state index contributed by atoms with van der Waals surface area (Å²) in [5, 5.41) is 0. The van der Waals surface area contributed by atoms with Crippen LogP contribution in [0.5, 0.6) is 0 Å². The van der Waals surface area contributed by atoms with Gasteiger partial charge in [0.15, 0.2) is 9.84 Å². The van der Waals surface area contributed by atoms with Gasteiger partial charge < -0.3 is 4.74 Å². The quantitative estimate of drug-likeness (QED) is 0.795. The van der Waals surface area contributed by atoms with Crippen LogP contribution in [-0.2, 0) is 21.0 Å². The molecule has 0 bridgehead atoms. The first-order valence-electron chi connectivity index (χ1n) is 6.62. The Morgan fingerprint density at radius 3 is 2.79 bits per heavy atom. The molecule has 1 heterocycles. The highest BCUT2D eigenvalue weighted by Crippen LogP contribution is 2.18.